The van der Waals surface area contributed by atoms with Crippen LogP contribution >= 0.6 is 0 Å². The first kappa shape index (κ1) is 13.0. The monoisotopic (exact) mass is 226 g/mol. The first-order valence-corrected chi connectivity index (χ1v) is 6.21. The third kappa shape index (κ3) is 3.51. The zero-order chi connectivity index (χ0) is 12.0. The number of amides is 2. The fourth-order valence-corrected chi connectivity index (χ4v) is 2.11. The van der Waals surface area contributed by atoms with Crippen molar-refractivity contribution in [1.82, 2.24) is 10.2 Å². The van der Waals surface area contributed by atoms with Crippen LogP contribution in [0.3, 0.4) is 0 Å². The lowest BCUT2D eigenvalue weighted by Gasteiger charge is -2.30. The fraction of sp³-hybridized carbons (Fsp3) is 0.833. The molecule has 0 aromatic heterocycles. The summed E-state index contributed by atoms with van der Waals surface area (Å²) in [4.78, 5) is 24.9. The lowest BCUT2D eigenvalue weighted by atomic mass is 9.94. The predicted octanol–water partition coefficient (Wildman–Crippen LogP) is 1.30. The molecular formula is C12H22N2O2. The van der Waals surface area contributed by atoms with Gasteiger partial charge in [-0.05, 0) is 19.3 Å². The summed E-state index contributed by atoms with van der Waals surface area (Å²) in [6.07, 6.45) is 6.50. The second kappa shape index (κ2) is 6.51. The van der Waals surface area contributed by atoms with Crippen molar-refractivity contribution in [2.24, 2.45) is 0 Å². The molecule has 2 amide bonds. The van der Waals surface area contributed by atoms with E-state index >= 15 is 0 Å². The number of hydrogen-bond donors (Lipinski definition) is 1. The van der Waals surface area contributed by atoms with Crippen LogP contribution in [-0.2, 0) is 9.59 Å². The van der Waals surface area contributed by atoms with Crippen molar-refractivity contribution in [3.63, 3.8) is 0 Å². The predicted molar refractivity (Wildman–Crippen MR) is 62.9 cm³/mol. The molecule has 16 heavy (non-hydrogen) atoms. The van der Waals surface area contributed by atoms with Gasteiger partial charge < -0.3 is 10.2 Å². The average molecular weight is 226 g/mol. The Hall–Kier alpha value is -1.06. The minimum atomic E-state index is -0.463. The molecule has 1 N–H and O–H groups in total. The molecule has 0 aliphatic heterocycles. The van der Waals surface area contributed by atoms with E-state index in [1.165, 1.54) is 19.3 Å². The highest BCUT2D eigenvalue weighted by molar-refractivity contribution is 6.35. The highest BCUT2D eigenvalue weighted by Gasteiger charge is 2.25. The van der Waals surface area contributed by atoms with Crippen LogP contribution in [0.4, 0.5) is 0 Å². The minimum Gasteiger partial charge on any atom is -0.348 e. The summed E-state index contributed by atoms with van der Waals surface area (Å²) < 4.78 is 0. The Bertz CT molecular complexity index is 247. The number of nitrogens with zero attached hydrogens (tertiary/aromatic N) is 1. The largest absolute Gasteiger partial charge is 0.348 e. The van der Waals surface area contributed by atoms with E-state index in [0.29, 0.717) is 6.54 Å². The molecular weight excluding hydrogens is 204 g/mol. The Kier molecular flexibility index (Phi) is 5.29. The van der Waals surface area contributed by atoms with Crippen LogP contribution in [0.2, 0.25) is 0 Å². The molecule has 0 heterocycles. The Morgan fingerprint density at radius 3 is 2.44 bits per heavy atom. The maximum atomic E-state index is 11.8. The maximum Gasteiger partial charge on any atom is 0.311 e. The molecule has 1 aliphatic carbocycles. The molecule has 4 nitrogen and oxygen atoms in total. The van der Waals surface area contributed by atoms with Gasteiger partial charge in [-0.2, -0.15) is 0 Å². The number of likely N-dealkylation sites (N-methyl/N-ethyl adjacent to an activating group) is 1. The molecule has 0 bridgehead atoms. The van der Waals surface area contributed by atoms with E-state index in [1.807, 2.05) is 6.92 Å². The molecule has 0 spiro atoms. The van der Waals surface area contributed by atoms with E-state index < -0.39 is 5.91 Å². The second-order valence-electron chi connectivity index (χ2n) is 4.46. The molecule has 0 radical (unpaired) electrons. The number of nitrogens with one attached hydrogen (secondary N) is 1. The summed E-state index contributed by atoms with van der Waals surface area (Å²) in [5, 5.41) is 2.62. The van der Waals surface area contributed by atoms with Gasteiger partial charge in [0, 0.05) is 19.6 Å². The van der Waals surface area contributed by atoms with Crippen molar-refractivity contribution in [1.29, 1.82) is 0 Å². The average Bonchev–Trinajstić information content (AvgIpc) is 2.35. The molecule has 1 rings (SSSR count). The summed E-state index contributed by atoms with van der Waals surface area (Å²) in [7, 11) is 1.74. The van der Waals surface area contributed by atoms with Crippen LogP contribution in [0.15, 0.2) is 0 Å². The topological polar surface area (TPSA) is 49.4 Å². The molecule has 1 saturated carbocycles. The van der Waals surface area contributed by atoms with Crippen LogP contribution in [-0.4, -0.2) is 36.3 Å². The van der Waals surface area contributed by atoms with Crippen molar-refractivity contribution in [3.8, 4) is 0 Å². The fourth-order valence-electron chi connectivity index (χ4n) is 2.11. The van der Waals surface area contributed by atoms with Gasteiger partial charge in [-0.15, -0.1) is 0 Å². The van der Waals surface area contributed by atoms with E-state index in [2.05, 4.69) is 5.32 Å². The van der Waals surface area contributed by atoms with Crippen molar-refractivity contribution in [2.75, 3.05) is 13.6 Å². The lowest BCUT2D eigenvalue weighted by Crippen LogP contribution is -2.46. The number of hydrogen-bond acceptors (Lipinski definition) is 2. The zero-order valence-corrected chi connectivity index (χ0v) is 10.3. The van der Waals surface area contributed by atoms with Crippen LogP contribution in [0.1, 0.15) is 45.4 Å². The Labute approximate surface area is 97.4 Å². The van der Waals surface area contributed by atoms with Gasteiger partial charge in [-0.25, -0.2) is 0 Å². The van der Waals surface area contributed by atoms with Gasteiger partial charge in [0.2, 0.25) is 0 Å². The van der Waals surface area contributed by atoms with Gasteiger partial charge in [0.1, 0.15) is 0 Å². The minimum absolute atomic E-state index is 0.258. The molecule has 0 aromatic carbocycles. The Morgan fingerprint density at radius 1 is 1.25 bits per heavy atom. The maximum absolute atomic E-state index is 11.8. The summed E-state index contributed by atoms with van der Waals surface area (Å²) >= 11 is 0. The highest BCUT2D eigenvalue weighted by atomic mass is 16.2. The van der Waals surface area contributed by atoms with Gasteiger partial charge in [0.25, 0.3) is 0 Å². The van der Waals surface area contributed by atoms with E-state index in [9.17, 15) is 9.59 Å². The smallest absolute Gasteiger partial charge is 0.311 e. The first-order chi connectivity index (χ1) is 7.66. The quantitative estimate of drug-likeness (QED) is 0.737. The van der Waals surface area contributed by atoms with Gasteiger partial charge in [0.15, 0.2) is 0 Å². The highest BCUT2D eigenvalue weighted by Crippen LogP contribution is 2.21. The first-order valence-electron chi connectivity index (χ1n) is 6.21. The van der Waals surface area contributed by atoms with Gasteiger partial charge in [0.05, 0.1) is 0 Å². The number of rotatable bonds is 3. The van der Waals surface area contributed by atoms with Crippen molar-refractivity contribution >= 4 is 11.8 Å². The Balaban J connectivity index is 2.42. The number of carbonyl (C=O) groups excluding carboxylic acids is 2. The molecule has 0 unspecified atom stereocenters. The number of carbonyl (C=O) groups is 2. The summed E-state index contributed by atoms with van der Waals surface area (Å²) in [6, 6.07) is 0.258. The lowest BCUT2D eigenvalue weighted by molar-refractivity contribution is -0.146. The van der Waals surface area contributed by atoms with Crippen LogP contribution in [0.25, 0.3) is 0 Å². The van der Waals surface area contributed by atoms with Crippen LogP contribution in [0.5, 0.6) is 0 Å². The van der Waals surface area contributed by atoms with Crippen molar-refractivity contribution in [3.05, 3.63) is 0 Å². The molecule has 0 saturated heterocycles. The summed E-state index contributed by atoms with van der Waals surface area (Å²) in [5.41, 5.74) is 0. The van der Waals surface area contributed by atoms with Crippen molar-refractivity contribution in [2.45, 2.75) is 51.5 Å². The van der Waals surface area contributed by atoms with Crippen LogP contribution in [0, 0.1) is 0 Å². The summed E-state index contributed by atoms with van der Waals surface area (Å²) in [6.45, 7) is 2.54. The van der Waals surface area contributed by atoms with Gasteiger partial charge in [-0.3, -0.25) is 9.59 Å². The van der Waals surface area contributed by atoms with E-state index in [4.69, 9.17) is 0 Å². The van der Waals surface area contributed by atoms with Gasteiger partial charge in [-0.1, -0.05) is 26.2 Å². The van der Waals surface area contributed by atoms with E-state index in [1.54, 1.807) is 11.9 Å². The third-order valence-corrected chi connectivity index (χ3v) is 3.17. The van der Waals surface area contributed by atoms with Gasteiger partial charge >= 0.3 is 11.8 Å². The molecule has 1 fully saturated rings. The Morgan fingerprint density at radius 2 is 1.88 bits per heavy atom. The normalized spacial score (nSPS) is 16.9. The molecule has 4 heteroatoms. The van der Waals surface area contributed by atoms with Crippen molar-refractivity contribution < 1.29 is 9.59 Å². The van der Waals surface area contributed by atoms with E-state index in [0.717, 1.165) is 19.3 Å². The van der Waals surface area contributed by atoms with Crippen LogP contribution < -0.4 is 5.32 Å². The molecule has 1 aliphatic rings. The summed E-state index contributed by atoms with van der Waals surface area (Å²) in [5.74, 6) is -0.852. The molecule has 0 aromatic rings. The van der Waals surface area contributed by atoms with E-state index in [-0.39, 0.29) is 11.9 Å². The molecule has 0 atom stereocenters. The SMILES string of the molecule is CCCNC(=O)C(=O)N(C)C1CCCCC1. The zero-order valence-electron chi connectivity index (χ0n) is 10.3. The third-order valence-electron chi connectivity index (χ3n) is 3.17. The second-order valence-corrected chi connectivity index (χ2v) is 4.46. The molecule has 92 valence electrons. The standard InChI is InChI=1S/C12H22N2O2/c1-3-9-13-11(15)12(16)14(2)10-7-5-4-6-8-10/h10H,3-9H2,1-2H3,(H,13,15).